The van der Waals surface area contributed by atoms with Gasteiger partial charge in [0.2, 0.25) is 0 Å². The summed E-state index contributed by atoms with van der Waals surface area (Å²) in [5.74, 6) is 0.555. The molecule has 2 aromatic rings. The average molecular weight is 294 g/mol. The number of halogens is 1. The van der Waals surface area contributed by atoms with E-state index in [1.807, 2.05) is 23.5 Å². The SMILES string of the molecule is CCNCC(CCc1cccs1)c1ccc(Cl)cc1. The number of likely N-dealkylation sites (N-methyl/N-ethyl adjacent to an activating group) is 1. The molecule has 1 aromatic heterocycles. The highest BCUT2D eigenvalue weighted by molar-refractivity contribution is 7.09. The molecule has 19 heavy (non-hydrogen) atoms. The van der Waals surface area contributed by atoms with Crippen LogP contribution in [0.15, 0.2) is 41.8 Å². The molecule has 102 valence electrons. The summed E-state index contributed by atoms with van der Waals surface area (Å²) in [5, 5.41) is 6.42. The standard InChI is InChI=1S/C16H20ClNS/c1-2-18-12-14(7-10-16-4-3-11-19-16)13-5-8-15(17)9-6-13/h3-6,8-9,11,14,18H,2,7,10,12H2,1H3. The summed E-state index contributed by atoms with van der Waals surface area (Å²) < 4.78 is 0. The molecule has 1 heterocycles. The number of aryl methyl sites for hydroxylation is 1. The Balaban J connectivity index is 2.00. The predicted molar refractivity (Wildman–Crippen MR) is 85.4 cm³/mol. The Kier molecular flexibility index (Phi) is 5.90. The summed E-state index contributed by atoms with van der Waals surface area (Å²) in [4.78, 5) is 1.47. The molecular formula is C16H20ClNS. The van der Waals surface area contributed by atoms with Crippen molar-refractivity contribution in [2.24, 2.45) is 0 Å². The van der Waals surface area contributed by atoms with E-state index in [-0.39, 0.29) is 0 Å². The second-order valence-corrected chi connectivity index (χ2v) is 6.14. The molecule has 0 radical (unpaired) electrons. The van der Waals surface area contributed by atoms with E-state index in [0.717, 1.165) is 24.5 Å². The minimum absolute atomic E-state index is 0.555. The van der Waals surface area contributed by atoms with E-state index in [2.05, 4.69) is 41.9 Å². The summed E-state index contributed by atoms with van der Waals surface area (Å²) >= 11 is 7.81. The van der Waals surface area contributed by atoms with Crippen molar-refractivity contribution in [1.29, 1.82) is 0 Å². The van der Waals surface area contributed by atoms with Crippen LogP contribution < -0.4 is 5.32 Å². The maximum absolute atomic E-state index is 5.97. The van der Waals surface area contributed by atoms with Gasteiger partial charge in [-0.25, -0.2) is 0 Å². The maximum Gasteiger partial charge on any atom is 0.0406 e. The maximum atomic E-state index is 5.97. The van der Waals surface area contributed by atoms with Crippen LogP contribution in [0.4, 0.5) is 0 Å². The highest BCUT2D eigenvalue weighted by Gasteiger charge is 2.11. The molecule has 1 aromatic carbocycles. The molecular weight excluding hydrogens is 274 g/mol. The zero-order chi connectivity index (χ0) is 13.5. The smallest absolute Gasteiger partial charge is 0.0406 e. The van der Waals surface area contributed by atoms with Gasteiger partial charge in [-0.2, -0.15) is 0 Å². The van der Waals surface area contributed by atoms with Gasteiger partial charge in [0.25, 0.3) is 0 Å². The second kappa shape index (κ2) is 7.68. The number of rotatable bonds is 7. The van der Waals surface area contributed by atoms with Crippen LogP contribution in [-0.2, 0) is 6.42 Å². The van der Waals surface area contributed by atoms with E-state index in [4.69, 9.17) is 11.6 Å². The van der Waals surface area contributed by atoms with Crippen molar-refractivity contribution >= 4 is 22.9 Å². The average Bonchev–Trinajstić information content (AvgIpc) is 2.93. The number of nitrogens with one attached hydrogen (secondary N) is 1. The normalized spacial score (nSPS) is 12.5. The fourth-order valence-corrected chi connectivity index (χ4v) is 3.06. The van der Waals surface area contributed by atoms with Crippen molar-refractivity contribution in [3.8, 4) is 0 Å². The Morgan fingerprint density at radius 2 is 2.00 bits per heavy atom. The zero-order valence-electron chi connectivity index (χ0n) is 11.2. The Morgan fingerprint density at radius 1 is 1.21 bits per heavy atom. The highest BCUT2D eigenvalue weighted by Crippen LogP contribution is 2.24. The van der Waals surface area contributed by atoms with Gasteiger partial charge in [0.15, 0.2) is 0 Å². The monoisotopic (exact) mass is 293 g/mol. The van der Waals surface area contributed by atoms with Crippen molar-refractivity contribution in [2.45, 2.75) is 25.7 Å². The Bertz CT molecular complexity index is 464. The fourth-order valence-electron chi connectivity index (χ4n) is 2.21. The third kappa shape index (κ3) is 4.64. The lowest BCUT2D eigenvalue weighted by molar-refractivity contribution is 0.563. The molecule has 0 fully saturated rings. The van der Waals surface area contributed by atoms with Gasteiger partial charge in [-0.15, -0.1) is 11.3 Å². The van der Waals surface area contributed by atoms with E-state index in [1.165, 1.54) is 16.9 Å². The zero-order valence-corrected chi connectivity index (χ0v) is 12.8. The first-order valence-corrected chi connectivity index (χ1v) is 8.04. The largest absolute Gasteiger partial charge is 0.316 e. The molecule has 0 aliphatic heterocycles. The quantitative estimate of drug-likeness (QED) is 0.778. The molecule has 1 unspecified atom stereocenters. The molecule has 0 amide bonds. The lowest BCUT2D eigenvalue weighted by Crippen LogP contribution is -2.21. The third-order valence-corrected chi connectivity index (χ3v) is 4.49. The number of hydrogen-bond donors (Lipinski definition) is 1. The van der Waals surface area contributed by atoms with Crippen LogP contribution in [0.3, 0.4) is 0 Å². The van der Waals surface area contributed by atoms with Crippen LogP contribution in [0.2, 0.25) is 5.02 Å². The topological polar surface area (TPSA) is 12.0 Å². The van der Waals surface area contributed by atoms with Gasteiger partial charge >= 0.3 is 0 Å². The van der Waals surface area contributed by atoms with Crippen molar-refractivity contribution in [2.75, 3.05) is 13.1 Å². The first kappa shape index (κ1) is 14.6. The van der Waals surface area contributed by atoms with Crippen LogP contribution in [-0.4, -0.2) is 13.1 Å². The molecule has 0 aliphatic carbocycles. The molecule has 2 rings (SSSR count). The van der Waals surface area contributed by atoms with Crippen molar-refractivity contribution in [1.82, 2.24) is 5.32 Å². The summed E-state index contributed by atoms with van der Waals surface area (Å²) in [5.41, 5.74) is 1.38. The van der Waals surface area contributed by atoms with E-state index in [1.54, 1.807) is 0 Å². The van der Waals surface area contributed by atoms with E-state index >= 15 is 0 Å². The van der Waals surface area contributed by atoms with Crippen molar-refractivity contribution in [3.63, 3.8) is 0 Å². The molecule has 1 atom stereocenters. The summed E-state index contributed by atoms with van der Waals surface area (Å²) in [6, 6.07) is 12.6. The summed E-state index contributed by atoms with van der Waals surface area (Å²) in [6.45, 7) is 4.20. The lowest BCUT2D eigenvalue weighted by Gasteiger charge is -2.17. The van der Waals surface area contributed by atoms with Gasteiger partial charge in [0.1, 0.15) is 0 Å². The molecule has 0 saturated carbocycles. The molecule has 1 N–H and O–H groups in total. The first-order valence-electron chi connectivity index (χ1n) is 6.78. The number of hydrogen-bond acceptors (Lipinski definition) is 2. The third-order valence-electron chi connectivity index (χ3n) is 3.30. The van der Waals surface area contributed by atoms with E-state index in [9.17, 15) is 0 Å². The van der Waals surface area contributed by atoms with Gasteiger partial charge in [-0.05, 0) is 54.4 Å². The molecule has 0 saturated heterocycles. The van der Waals surface area contributed by atoms with Gasteiger partial charge < -0.3 is 5.32 Å². The highest BCUT2D eigenvalue weighted by atomic mass is 35.5. The molecule has 1 nitrogen and oxygen atoms in total. The van der Waals surface area contributed by atoms with Crippen LogP contribution in [0, 0.1) is 0 Å². The van der Waals surface area contributed by atoms with Crippen molar-refractivity contribution < 1.29 is 0 Å². The summed E-state index contributed by atoms with van der Waals surface area (Å²) in [6.07, 6.45) is 2.32. The van der Waals surface area contributed by atoms with Gasteiger partial charge in [0.05, 0.1) is 0 Å². The molecule has 3 heteroatoms. The second-order valence-electron chi connectivity index (χ2n) is 4.67. The lowest BCUT2D eigenvalue weighted by atomic mass is 9.94. The molecule has 0 aliphatic rings. The van der Waals surface area contributed by atoms with Crippen LogP contribution in [0.1, 0.15) is 29.7 Å². The van der Waals surface area contributed by atoms with E-state index < -0.39 is 0 Å². The van der Waals surface area contributed by atoms with Crippen LogP contribution in [0.25, 0.3) is 0 Å². The Hall–Kier alpha value is -0.830. The Labute approximate surface area is 124 Å². The van der Waals surface area contributed by atoms with Crippen LogP contribution >= 0.6 is 22.9 Å². The number of benzene rings is 1. The van der Waals surface area contributed by atoms with Gasteiger partial charge in [0, 0.05) is 16.4 Å². The number of thiophene rings is 1. The van der Waals surface area contributed by atoms with Crippen molar-refractivity contribution in [3.05, 3.63) is 57.2 Å². The van der Waals surface area contributed by atoms with E-state index in [0.29, 0.717) is 5.92 Å². The minimum atomic E-state index is 0.555. The van der Waals surface area contributed by atoms with Gasteiger partial charge in [-0.3, -0.25) is 0 Å². The Morgan fingerprint density at radius 3 is 2.63 bits per heavy atom. The first-order chi connectivity index (χ1) is 9.29. The predicted octanol–water partition coefficient (Wildman–Crippen LogP) is 4.73. The molecule has 0 spiro atoms. The minimum Gasteiger partial charge on any atom is -0.316 e. The molecule has 0 bridgehead atoms. The summed E-state index contributed by atoms with van der Waals surface area (Å²) in [7, 11) is 0. The van der Waals surface area contributed by atoms with Gasteiger partial charge in [-0.1, -0.05) is 36.7 Å². The van der Waals surface area contributed by atoms with Crippen LogP contribution in [0.5, 0.6) is 0 Å². The fraction of sp³-hybridized carbons (Fsp3) is 0.375.